The Morgan fingerprint density at radius 2 is 1.43 bits per heavy atom. The van der Waals surface area contributed by atoms with E-state index >= 15 is 0 Å². The van der Waals surface area contributed by atoms with Crippen LogP contribution in [0, 0.1) is 0 Å². The smallest absolute Gasteiger partial charge is 0.323 e. The van der Waals surface area contributed by atoms with Crippen LogP contribution in [0.25, 0.3) is 0 Å². The lowest BCUT2D eigenvalue weighted by atomic mass is 10.1. The molecule has 0 bridgehead atoms. The van der Waals surface area contributed by atoms with Crippen LogP contribution in [-0.4, -0.2) is 53.7 Å². The fourth-order valence-electron chi connectivity index (χ4n) is 3.55. The van der Waals surface area contributed by atoms with Crippen molar-refractivity contribution < 1.29 is 23.7 Å². The van der Waals surface area contributed by atoms with Gasteiger partial charge in [-0.05, 0) is 37.1 Å². The van der Waals surface area contributed by atoms with Gasteiger partial charge in [0.15, 0.2) is 11.5 Å². The standard InChI is InChI=1S/C22H29N3O5/c1-27-18-9-11-25(12-10-18)17-7-5-15(6-8-17)23-22(26)24-16-13-19(28-2)21(30-4)20(14-16)29-3/h5-8,13-14,18H,9-12H2,1-4H3,(H2,23,24,26). The Balaban J connectivity index is 1.61. The second-order valence-corrected chi connectivity index (χ2v) is 6.96. The van der Waals surface area contributed by atoms with Gasteiger partial charge in [0, 0.05) is 43.7 Å². The van der Waals surface area contributed by atoms with E-state index in [1.807, 2.05) is 24.3 Å². The van der Waals surface area contributed by atoms with Gasteiger partial charge in [-0.15, -0.1) is 0 Å². The second-order valence-electron chi connectivity index (χ2n) is 6.96. The van der Waals surface area contributed by atoms with E-state index in [2.05, 4.69) is 15.5 Å². The molecule has 1 aliphatic heterocycles. The number of rotatable bonds is 7. The number of carbonyl (C=O) groups excluding carboxylic acids is 1. The minimum atomic E-state index is -0.363. The summed E-state index contributed by atoms with van der Waals surface area (Å²) in [6, 6.07) is 10.8. The summed E-state index contributed by atoms with van der Waals surface area (Å²) in [6.45, 7) is 1.93. The predicted molar refractivity (Wildman–Crippen MR) is 117 cm³/mol. The quantitative estimate of drug-likeness (QED) is 0.712. The van der Waals surface area contributed by atoms with Gasteiger partial charge in [-0.1, -0.05) is 0 Å². The number of nitrogens with zero attached hydrogens (tertiary/aromatic N) is 1. The van der Waals surface area contributed by atoms with Crippen LogP contribution >= 0.6 is 0 Å². The summed E-state index contributed by atoms with van der Waals surface area (Å²) < 4.78 is 21.4. The highest BCUT2D eigenvalue weighted by molar-refractivity contribution is 6.00. The maximum atomic E-state index is 12.4. The molecule has 2 aromatic carbocycles. The SMILES string of the molecule is COc1cc(NC(=O)Nc2ccc(N3CCC(OC)CC3)cc2)cc(OC)c1OC. The first-order chi connectivity index (χ1) is 14.6. The lowest BCUT2D eigenvalue weighted by molar-refractivity contribution is 0.0819. The number of amides is 2. The first-order valence-corrected chi connectivity index (χ1v) is 9.83. The summed E-state index contributed by atoms with van der Waals surface area (Å²) in [5, 5.41) is 5.63. The molecule has 0 spiro atoms. The van der Waals surface area contributed by atoms with Crippen molar-refractivity contribution in [3.8, 4) is 17.2 Å². The topological polar surface area (TPSA) is 81.3 Å². The number of carbonyl (C=O) groups is 1. The lowest BCUT2D eigenvalue weighted by Gasteiger charge is -2.33. The lowest BCUT2D eigenvalue weighted by Crippen LogP contribution is -2.36. The molecule has 2 N–H and O–H groups in total. The number of hydrogen-bond acceptors (Lipinski definition) is 6. The van der Waals surface area contributed by atoms with E-state index in [9.17, 15) is 4.79 Å². The molecule has 8 heteroatoms. The molecule has 3 rings (SSSR count). The van der Waals surface area contributed by atoms with Gasteiger partial charge in [-0.2, -0.15) is 0 Å². The van der Waals surface area contributed by atoms with E-state index in [0.717, 1.165) is 31.6 Å². The molecule has 2 aromatic rings. The number of anilines is 3. The first-order valence-electron chi connectivity index (χ1n) is 9.83. The highest BCUT2D eigenvalue weighted by Gasteiger charge is 2.19. The van der Waals surface area contributed by atoms with Gasteiger partial charge in [0.1, 0.15) is 0 Å². The normalized spacial score (nSPS) is 14.2. The molecule has 8 nitrogen and oxygen atoms in total. The molecule has 1 aliphatic rings. The van der Waals surface area contributed by atoms with Crippen LogP contribution in [0.15, 0.2) is 36.4 Å². The van der Waals surface area contributed by atoms with Crippen molar-refractivity contribution in [2.75, 3.05) is 57.1 Å². The predicted octanol–water partition coefficient (Wildman–Crippen LogP) is 3.97. The third kappa shape index (κ3) is 5.07. The fourth-order valence-corrected chi connectivity index (χ4v) is 3.55. The molecule has 0 atom stereocenters. The van der Waals surface area contributed by atoms with E-state index in [-0.39, 0.29) is 6.03 Å². The Morgan fingerprint density at radius 1 is 0.867 bits per heavy atom. The highest BCUT2D eigenvalue weighted by Crippen LogP contribution is 2.40. The summed E-state index contributed by atoms with van der Waals surface area (Å²) in [6.07, 6.45) is 2.39. The van der Waals surface area contributed by atoms with Crippen molar-refractivity contribution >= 4 is 23.1 Å². The number of methoxy groups -OCH3 is 4. The number of piperidine rings is 1. The maximum Gasteiger partial charge on any atom is 0.323 e. The molecule has 2 amide bonds. The zero-order valence-electron chi connectivity index (χ0n) is 17.9. The molecular weight excluding hydrogens is 386 g/mol. The van der Waals surface area contributed by atoms with E-state index in [1.165, 1.54) is 21.3 Å². The van der Waals surface area contributed by atoms with Crippen LogP contribution in [0.4, 0.5) is 21.9 Å². The third-order valence-corrected chi connectivity index (χ3v) is 5.19. The van der Waals surface area contributed by atoms with E-state index in [1.54, 1.807) is 19.2 Å². The second kappa shape index (κ2) is 10.1. The third-order valence-electron chi connectivity index (χ3n) is 5.19. The molecule has 0 aromatic heterocycles. The average Bonchev–Trinajstić information content (AvgIpc) is 2.78. The maximum absolute atomic E-state index is 12.4. The zero-order chi connectivity index (χ0) is 21.5. The average molecular weight is 415 g/mol. The van der Waals surface area contributed by atoms with Gasteiger partial charge < -0.3 is 34.5 Å². The summed E-state index contributed by atoms with van der Waals surface area (Å²) in [5.41, 5.74) is 2.37. The minimum absolute atomic E-state index is 0.348. The molecule has 0 unspecified atom stereocenters. The Hall–Kier alpha value is -3.13. The fraction of sp³-hybridized carbons (Fsp3) is 0.409. The molecule has 30 heavy (non-hydrogen) atoms. The molecule has 1 fully saturated rings. The Bertz CT molecular complexity index is 823. The Kier molecular flexibility index (Phi) is 7.24. The molecule has 0 saturated carbocycles. The largest absolute Gasteiger partial charge is 0.493 e. The van der Waals surface area contributed by atoms with Crippen LogP contribution in [0.1, 0.15) is 12.8 Å². The van der Waals surface area contributed by atoms with Crippen LogP contribution in [0.3, 0.4) is 0 Å². The molecule has 0 radical (unpaired) electrons. The summed E-state index contributed by atoms with van der Waals surface area (Å²) in [7, 11) is 6.36. The van der Waals surface area contributed by atoms with Gasteiger partial charge >= 0.3 is 6.03 Å². The van der Waals surface area contributed by atoms with Crippen molar-refractivity contribution in [3.63, 3.8) is 0 Å². The van der Waals surface area contributed by atoms with Crippen LogP contribution < -0.4 is 29.7 Å². The van der Waals surface area contributed by atoms with Gasteiger partial charge in [-0.3, -0.25) is 0 Å². The van der Waals surface area contributed by atoms with Gasteiger partial charge in [0.25, 0.3) is 0 Å². The van der Waals surface area contributed by atoms with Gasteiger partial charge in [0.2, 0.25) is 5.75 Å². The van der Waals surface area contributed by atoms with Crippen molar-refractivity contribution in [1.29, 1.82) is 0 Å². The summed E-state index contributed by atoms with van der Waals surface area (Å²) in [5.74, 6) is 1.40. The van der Waals surface area contributed by atoms with E-state index in [0.29, 0.717) is 34.7 Å². The minimum Gasteiger partial charge on any atom is -0.493 e. The Morgan fingerprint density at radius 3 is 1.93 bits per heavy atom. The number of hydrogen-bond donors (Lipinski definition) is 2. The molecule has 0 aliphatic carbocycles. The van der Waals surface area contributed by atoms with Crippen molar-refractivity contribution in [2.45, 2.75) is 18.9 Å². The van der Waals surface area contributed by atoms with E-state index in [4.69, 9.17) is 18.9 Å². The van der Waals surface area contributed by atoms with Crippen LogP contribution in [0.5, 0.6) is 17.2 Å². The molecule has 1 heterocycles. The number of benzene rings is 2. The zero-order valence-corrected chi connectivity index (χ0v) is 17.9. The molecular formula is C22H29N3O5. The number of nitrogens with one attached hydrogen (secondary N) is 2. The number of ether oxygens (including phenoxy) is 4. The Labute approximate surface area is 177 Å². The van der Waals surface area contributed by atoms with Crippen molar-refractivity contribution in [1.82, 2.24) is 0 Å². The van der Waals surface area contributed by atoms with Crippen LogP contribution in [0.2, 0.25) is 0 Å². The van der Waals surface area contributed by atoms with Crippen molar-refractivity contribution in [3.05, 3.63) is 36.4 Å². The first kappa shape index (κ1) is 21.6. The van der Waals surface area contributed by atoms with Crippen LogP contribution in [-0.2, 0) is 4.74 Å². The molecule has 162 valence electrons. The van der Waals surface area contributed by atoms with Gasteiger partial charge in [0.05, 0.1) is 33.1 Å². The van der Waals surface area contributed by atoms with Gasteiger partial charge in [-0.25, -0.2) is 4.79 Å². The van der Waals surface area contributed by atoms with E-state index < -0.39 is 0 Å². The molecule has 1 saturated heterocycles. The summed E-state index contributed by atoms with van der Waals surface area (Å²) >= 11 is 0. The number of urea groups is 1. The highest BCUT2D eigenvalue weighted by atomic mass is 16.5. The summed E-state index contributed by atoms with van der Waals surface area (Å²) in [4.78, 5) is 14.8. The monoisotopic (exact) mass is 415 g/mol. The van der Waals surface area contributed by atoms with Crippen molar-refractivity contribution in [2.24, 2.45) is 0 Å².